The number of cyclic esters (lactones) is 1. The summed E-state index contributed by atoms with van der Waals surface area (Å²) in [6.45, 7) is 2.85. The lowest BCUT2D eigenvalue weighted by Gasteiger charge is -2.66. The summed E-state index contributed by atoms with van der Waals surface area (Å²) in [7, 11) is 0. The Balaban J connectivity index is 1.29. The van der Waals surface area contributed by atoms with E-state index in [1.54, 1.807) is 0 Å². The topological polar surface area (TPSA) is 203 Å². The van der Waals surface area contributed by atoms with Gasteiger partial charge in [0.2, 0.25) is 0 Å². The Morgan fingerprint density at radius 2 is 1.76 bits per heavy atom. The molecule has 7 N–H and O–H groups in total. The molecule has 2 aliphatic heterocycles. The van der Waals surface area contributed by atoms with Crippen molar-refractivity contribution in [1.29, 1.82) is 0 Å². The number of esters is 1. The SMILES string of the molecule is C[C@@H]1O[C@H](O[C@H]2CC(=O)[C@]3(CO)[C@H]4[C@H](O)C[C@]5(C)[C@@H](C6=CC(=O)OC6)CC[C@]5(O)[C@@H]4CC[C@]3(O)C2)[C@H](O)[C@H](O)[C@H]1O. The number of ether oxygens (including phenoxy) is 3. The number of rotatable bonds is 4. The minimum absolute atomic E-state index is 0.0617. The van der Waals surface area contributed by atoms with Crippen LogP contribution in [0.3, 0.4) is 0 Å². The summed E-state index contributed by atoms with van der Waals surface area (Å²) >= 11 is 0. The van der Waals surface area contributed by atoms with Crippen molar-refractivity contribution in [2.45, 2.75) is 113 Å². The lowest BCUT2D eigenvalue weighted by Crippen LogP contribution is -2.75. The molecule has 4 aliphatic carbocycles. The Bertz CT molecular complexity index is 1130. The predicted molar refractivity (Wildman–Crippen MR) is 138 cm³/mol. The van der Waals surface area contributed by atoms with Crippen molar-refractivity contribution in [3.63, 3.8) is 0 Å². The van der Waals surface area contributed by atoms with Gasteiger partial charge >= 0.3 is 5.97 Å². The Morgan fingerprint density at radius 1 is 1.02 bits per heavy atom. The monoisotopic (exact) mass is 582 g/mol. The van der Waals surface area contributed by atoms with Gasteiger partial charge in [-0.3, -0.25) is 4.79 Å². The molecular weight excluding hydrogens is 540 g/mol. The van der Waals surface area contributed by atoms with Crippen LogP contribution in [0.15, 0.2) is 11.6 Å². The minimum atomic E-state index is -1.77. The molecule has 0 aromatic carbocycles. The summed E-state index contributed by atoms with van der Waals surface area (Å²) < 4.78 is 16.6. The summed E-state index contributed by atoms with van der Waals surface area (Å²) in [5.41, 5.74) is -4.84. The highest BCUT2D eigenvalue weighted by Gasteiger charge is 2.75. The van der Waals surface area contributed by atoms with Gasteiger partial charge in [0, 0.05) is 30.3 Å². The summed E-state index contributed by atoms with van der Waals surface area (Å²) in [6, 6.07) is 0. The molecule has 6 aliphatic rings. The normalized spacial score (nSPS) is 55.1. The molecule has 6 rings (SSSR count). The van der Waals surface area contributed by atoms with Crippen LogP contribution in [0.1, 0.15) is 58.8 Å². The zero-order chi connectivity index (χ0) is 29.7. The zero-order valence-corrected chi connectivity index (χ0v) is 23.4. The molecule has 0 unspecified atom stereocenters. The first kappa shape index (κ1) is 29.6. The van der Waals surface area contributed by atoms with E-state index in [0.29, 0.717) is 12.8 Å². The van der Waals surface area contributed by atoms with E-state index in [0.717, 1.165) is 5.57 Å². The third kappa shape index (κ3) is 3.92. The zero-order valence-electron chi connectivity index (χ0n) is 23.4. The maximum Gasteiger partial charge on any atom is 0.331 e. The van der Waals surface area contributed by atoms with Gasteiger partial charge < -0.3 is 50.0 Å². The number of Topliss-reactive ketones (excluding diaryl/α,β-unsaturated/α-hetero) is 1. The molecule has 2 heterocycles. The molecule has 5 fully saturated rings. The molecule has 0 aromatic heterocycles. The first-order chi connectivity index (χ1) is 19.2. The van der Waals surface area contributed by atoms with Gasteiger partial charge in [0.25, 0.3) is 0 Å². The first-order valence-corrected chi connectivity index (χ1v) is 14.7. The smallest absolute Gasteiger partial charge is 0.331 e. The Morgan fingerprint density at radius 3 is 2.41 bits per heavy atom. The van der Waals surface area contributed by atoms with Crippen molar-refractivity contribution >= 4 is 11.8 Å². The highest BCUT2D eigenvalue weighted by Crippen LogP contribution is 2.70. The molecular formula is C29H42O12. The van der Waals surface area contributed by atoms with E-state index in [1.165, 1.54) is 13.0 Å². The van der Waals surface area contributed by atoms with Gasteiger partial charge in [-0.25, -0.2) is 4.79 Å². The van der Waals surface area contributed by atoms with Crippen LogP contribution >= 0.6 is 0 Å². The van der Waals surface area contributed by atoms with E-state index in [4.69, 9.17) is 14.2 Å². The summed E-state index contributed by atoms with van der Waals surface area (Å²) in [5.74, 6) is -2.63. The van der Waals surface area contributed by atoms with E-state index in [1.807, 2.05) is 6.92 Å². The molecule has 1 saturated heterocycles. The lowest BCUT2D eigenvalue weighted by atomic mass is 9.40. The Kier molecular flexibility index (Phi) is 7.05. The average Bonchev–Trinajstić information content (AvgIpc) is 3.45. The fourth-order valence-corrected chi connectivity index (χ4v) is 9.85. The quantitative estimate of drug-likeness (QED) is 0.153. The summed E-state index contributed by atoms with van der Waals surface area (Å²) in [6.07, 6.45) is -6.11. The number of aliphatic hydroxyl groups excluding tert-OH is 5. The van der Waals surface area contributed by atoms with Gasteiger partial charge in [-0.15, -0.1) is 0 Å². The summed E-state index contributed by atoms with van der Waals surface area (Å²) in [5, 5.41) is 77.6. The molecule has 230 valence electrons. The number of carbonyl (C=O) groups is 2. The highest BCUT2D eigenvalue weighted by atomic mass is 16.7. The first-order valence-electron chi connectivity index (χ1n) is 14.7. The van der Waals surface area contributed by atoms with E-state index in [-0.39, 0.29) is 44.6 Å². The molecule has 4 saturated carbocycles. The molecule has 0 radical (unpaired) electrons. The second-order valence-corrected chi connectivity index (χ2v) is 13.6. The van der Waals surface area contributed by atoms with Gasteiger partial charge in [-0.2, -0.15) is 0 Å². The van der Waals surface area contributed by atoms with E-state index in [9.17, 15) is 45.3 Å². The third-order valence-electron chi connectivity index (χ3n) is 11.9. The van der Waals surface area contributed by atoms with Crippen LogP contribution in [0, 0.1) is 28.6 Å². The van der Waals surface area contributed by atoms with Crippen molar-refractivity contribution in [3.8, 4) is 0 Å². The molecule has 0 aromatic rings. The second kappa shape index (κ2) is 9.76. The number of aliphatic hydroxyl groups is 7. The molecule has 14 atom stereocenters. The number of fused-ring (bicyclic) bond motifs is 5. The molecule has 0 bridgehead atoms. The van der Waals surface area contributed by atoms with Crippen LogP contribution in [-0.4, -0.2) is 115 Å². The van der Waals surface area contributed by atoms with Crippen LogP contribution in [0.2, 0.25) is 0 Å². The van der Waals surface area contributed by atoms with Gasteiger partial charge in [0.05, 0.1) is 41.5 Å². The van der Waals surface area contributed by atoms with Crippen LogP contribution in [0.25, 0.3) is 0 Å². The van der Waals surface area contributed by atoms with Crippen molar-refractivity contribution in [2.24, 2.45) is 28.6 Å². The van der Waals surface area contributed by atoms with Crippen LogP contribution in [0.4, 0.5) is 0 Å². The molecule has 0 amide bonds. The van der Waals surface area contributed by atoms with Gasteiger partial charge in [0.15, 0.2) is 6.29 Å². The highest BCUT2D eigenvalue weighted by molar-refractivity contribution is 5.89. The van der Waals surface area contributed by atoms with Gasteiger partial charge in [0.1, 0.15) is 30.7 Å². The maximum atomic E-state index is 14.0. The van der Waals surface area contributed by atoms with Crippen molar-refractivity contribution in [2.75, 3.05) is 13.2 Å². The number of carbonyl (C=O) groups excluding carboxylic acids is 2. The molecule has 12 heteroatoms. The van der Waals surface area contributed by atoms with Crippen molar-refractivity contribution in [1.82, 2.24) is 0 Å². The molecule has 12 nitrogen and oxygen atoms in total. The average molecular weight is 583 g/mol. The van der Waals surface area contributed by atoms with E-state index in [2.05, 4.69) is 0 Å². The van der Waals surface area contributed by atoms with Gasteiger partial charge in [-0.05, 0) is 56.4 Å². The number of hydrogen-bond acceptors (Lipinski definition) is 12. The molecule has 41 heavy (non-hydrogen) atoms. The third-order valence-corrected chi connectivity index (χ3v) is 11.9. The minimum Gasteiger partial charge on any atom is -0.458 e. The lowest BCUT2D eigenvalue weighted by molar-refractivity contribution is -0.318. The van der Waals surface area contributed by atoms with E-state index >= 15 is 0 Å². The van der Waals surface area contributed by atoms with E-state index < -0.39 is 95.1 Å². The number of hydrogen-bond donors (Lipinski definition) is 7. The maximum absolute atomic E-state index is 14.0. The fraction of sp³-hybridized carbons (Fsp3) is 0.862. The standard InChI is InChI=1S/C29H42O12/c1-13-22(34)23(35)24(36)25(40-13)41-15-8-19(32)28(12-30)21-17(3-5-27(28,37)9-15)29(38)6-4-16(14-7-20(33)39-11-14)26(29,2)10-18(21)31/h7,13,15-18,21-25,30-31,34-38H,3-6,8-12H2,1-2H3/t13-,15-,16+,17+,18+,21+,22-,23+,24+,25+,26+,27-,28+,29-/m0/s1. The van der Waals surface area contributed by atoms with Crippen LogP contribution in [-0.2, 0) is 23.8 Å². The van der Waals surface area contributed by atoms with Crippen molar-refractivity contribution < 1.29 is 59.5 Å². The van der Waals surface area contributed by atoms with Crippen LogP contribution in [0.5, 0.6) is 0 Å². The second-order valence-electron chi connectivity index (χ2n) is 13.6. The van der Waals surface area contributed by atoms with Crippen molar-refractivity contribution in [3.05, 3.63) is 11.6 Å². The summed E-state index contributed by atoms with van der Waals surface area (Å²) in [4.78, 5) is 25.9. The largest absolute Gasteiger partial charge is 0.458 e. The number of ketones is 1. The molecule has 0 spiro atoms. The Labute approximate surface area is 237 Å². The predicted octanol–water partition coefficient (Wildman–Crippen LogP) is -1.31. The van der Waals surface area contributed by atoms with Crippen LogP contribution < -0.4 is 0 Å². The van der Waals surface area contributed by atoms with Gasteiger partial charge in [-0.1, -0.05) is 6.92 Å². The Hall–Kier alpha value is -1.48. The fourth-order valence-electron chi connectivity index (χ4n) is 9.85.